The standard InChI is InChI=1S/C24H30FN5O3/c1-16-14-30-15-19(22(33-3)13-23(30)27-16)24(31)28-21-5-4-18(12-20(21)25)29-9-6-17(7-10-29)26-8-11-32-2/h4-5,12-15,17,26H,6-11H2,1-3H3,(H,28,31). The van der Waals surface area contributed by atoms with Crippen LogP contribution in [0.15, 0.2) is 36.7 Å². The Morgan fingerprint density at radius 1 is 1.21 bits per heavy atom. The number of hydrogen-bond acceptors (Lipinski definition) is 6. The number of aryl methyl sites for hydroxylation is 1. The molecule has 33 heavy (non-hydrogen) atoms. The van der Waals surface area contributed by atoms with Gasteiger partial charge in [0.2, 0.25) is 0 Å². The van der Waals surface area contributed by atoms with Crippen LogP contribution < -0.4 is 20.3 Å². The van der Waals surface area contributed by atoms with E-state index in [4.69, 9.17) is 9.47 Å². The van der Waals surface area contributed by atoms with Gasteiger partial charge in [0.1, 0.15) is 17.2 Å². The van der Waals surface area contributed by atoms with Gasteiger partial charge in [-0.05, 0) is 38.0 Å². The zero-order chi connectivity index (χ0) is 23.4. The summed E-state index contributed by atoms with van der Waals surface area (Å²) in [7, 11) is 3.19. The van der Waals surface area contributed by atoms with Gasteiger partial charge in [0.15, 0.2) is 0 Å². The van der Waals surface area contributed by atoms with E-state index < -0.39 is 11.7 Å². The molecule has 0 radical (unpaired) electrons. The number of aromatic nitrogens is 2. The van der Waals surface area contributed by atoms with Crippen LogP contribution in [0.4, 0.5) is 15.8 Å². The number of fused-ring (bicyclic) bond motifs is 1. The SMILES string of the molecule is COCCNC1CCN(c2ccc(NC(=O)c3cn4cc(C)nc4cc3OC)c(F)c2)CC1. The number of nitrogens with zero attached hydrogens (tertiary/aromatic N) is 3. The molecule has 2 N–H and O–H groups in total. The van der Waals surface area contributed by atoms with Crippen LogP contribution in [0.5, 0.6) is 5.75 Å². The highest BCUT2D eigenvalue weighted by Crippen LogP contribution is 2.27. The summed E-state index contributed by atoms with van der Waals surface area (Å²) < 4.78 is 27.1. The lowest BCUT2D eigenvalue weighted by Gasteiger charge is -2.34. The summed E-state index contributed by atoms with van der Waals surface area (Å²) in [6.45, 7) is 5.09. The van der Waals surface area contributed by atoms with E-state index in [-0.39, 0.29) is 5.69 Å². The summed E-state index contributed by atoms with van der Waals surface area (Å²) in [6, 6.07) is 7.07. The molecule has 1 aliphatic rings. The number of anilines is 2. The minimum absolute atomic E-state index is 0.129. The van der Waals surface area contributed by atoms with Crippen LogP contribution in [0.1, 0.15) is 28.9 Å². The van der Waals surface area contributed by atoms with Gasteiger partial charge in [0.25, 0.3) is 5.91 Å². The smallest absolute Gasteiger partial charge is 0.261 e. The average molecular weight is 456 g/mol. The molecule has 9 heteroatoms. The Balaban J connectivity index is 1.43. The quantitative estimate of drug-likeness (QED) is 0.508. The molecule has 3 aromatic rings. The van der Waals surface area contributed by atoms with Crippen molar-refractivity contribution < 1.29 is 18.7 Å². The number of carbonyl (C=O) groups is 1. The highest BCUT2D eigenvalue weighted by Gasteiger charge is 2.21. The van der Waals surface area contributed by atoms with E-state index in [1.165, 1.54) is 13.2 Å². The zero-order valence-electron chi connectivity index (χ0n) is 19.2. The fraction of sp³-hybridized carbons (Fsp3) is 0.417. The van der Waals surface area contributed by atoms with Gasteiger partial charge < -0.3 is 29.4 Å². The van der Waals surface area contributed by atoms with Crippen molar-refractivity contribution in [1.29, 1.82) is 0 Å². The van der Waals surface area contributed by atoms with E-state index in [1.807, 2.05) is 19.2 Å². The first-order valence-electron chi connectivity index (χ1n) is 11.1. The van der Waals surface area contributed by atoms with Crippen molar-refractivity contribution in [3.63, 3.8) is 0 Å². The zero-order valence-corrected chi connectivity index (χ0v) is 19.2. The fourth-order valence-electron chi connectivity index (χ4n) is 4.18. The van der Waals surface area contributed by atoms with Crippen molar-refractivity contribution in [3.05, 3.63) is 53.7 Å². The van der Waals surface area contributed by atoms with Crippen LogP contribution in [0.2, 0.25) is 0 Å². The van der Waals surface area contributed by atoms with Crippen LogP contribution in [0.3, 0.4) is 0 Å². The molecule has 1 fully saturated rings. The number of carbonyl (C=O) groups excluding carboxylic acids is 1. The van der Waals surface area contributed by atoms with E-state index in [9.17, 15) is 9.18 Å². The first-order valence-corrected chi connectivity index (χ1v) is 11.1. The van der Waals surface area contributed by atoms with Crippen LogP contribution in [-0.2, 0) is 4.74 Å². The summed E-state index contributed by atoms with van der Waals surface area (Å²) in [5.74, 6) is -0.543. The molecule has 176 valence electrons. The van der Waals surface area contributed by atoms with E-state index in [0.29, 0.717) is 29.6 Å². The Morgan fingerprint density at radius 2 is 2.00 bits per heavy atom. The Hall–Kier alpha value is -3.17. The maximum atomic E-state index is 14.9. The number of pyridine rings is 1. The molecule has 0 bridgehead atoms. The van der Waals surface area contributed by atoms with Gasteiger partial charge in [0.05, 0.1) is 30.7 Å². The highest BCUT2D eigenvalue weighted by molar-refractivity contribution is 6.06. The van der Waals surface area contributed by atoms with Gasteiger partial charge in [0, 0.05) is 56.9 Å². The molecular formula is C24H30FN5O3. The number of halogens is 1. The summed E-state index contributed by atoms with van der Waals surface area (Å²) in [6.07, 6.45) is 5.43. The number of nitrogens with one attached hydrogen (secondary N) is 2. The maximum Gasteiger partial charge on any atom is 0.261 e. The summed E-state index contributed by atoms with van der Waals surface area (Å²) in [5, 5.41) is 6.16. The van der Waals surface area contributed by atoms with Crippen LogP contribution in [0, 0.1) is 12.7 Å². The molecule has 1 saturated heterocycles. The van der Waals surface area contributed by atoms with Crippen molar-refractivity contribution in [2.45, 2.75) is 25.8 Å². The average Bonchev–Trinajstić information content (AvgIpc) is 3.19. The summed E-state index contributed by atoms with van der Waals surface area (Å²) in [5.41, 5.74) is 2.74. The predicted octanol–water partition coefficient (Wildman–Crippen LogP) is 3.25. The molecule has 1 aliphatic heterocycles. The third-order valence-electron chi connectivity index (χ3n) is 5.94. The number of ether oxygens (including phenoxy) is 2. The number of methoxy groups -OCH3 is 2. The lowest BCUT2D eigenvalue weighted by molar-refractivity contribution is 0.102. The van der Waals surface area contributed by atoms with E-state index in [2.05, 4.69) is 20.5 Å². The Morgan fingerprint density at radius 3 is 2.70 bits per heavy atom. The fourth-order valence-corrected chi connectivity index (χ4v) is 4.18. The molecule has 0 unspecified atom stereocenters. The molecule has 0 saturated carbocycles. The molecule has 0 aliphatic carbocycles. The molecule has 4 rings (SSSR count). The van der Waals surface area contributed by atoms with Crippen LogP contribution in [0.25, 0.3) is 5.65 Å². The van der Waals surface area contributed by atoms with Crippen LogP contribution in [-0.4, -0.2) is 61.8 Å². The maximum absolute atomic E-state index is 14.9. The third kappa shape index (κ3) is 5.26. The minimum Gasteiger partial charge on any atom is -0.496 e. The van der Waals surface area contributed by atoms with Crippen molar-refractivity contribution in [2.75, 3.05) is 50.7 Å². The van der Waals surface area contributed by atoms with Crippen molar-refractivity contribution in [2.24, 2.45) is 0 Å². The third-order valence-corrected chi connectivity index (χ3v) is 5.94. The Kier molecular flexibility index (Phi) is 7.10. The molecule has 1 amide bonds. The second-order valence-corrected chi connectivity index (χ2v) is 8.23. The Labute approximate surface area is 192 Å². The van der Waals surface area contributed by atoms with Gasteiger partial charge >= 0.3 is 0 Å². The van der Waals surface area contributed by atoms with Gasteiger partial charge in [-0.25, -0.2) is 9.37 Å². The van der Waals surface area contributed by atoms with Crippen molar-refractivity contribution in [3.8, 4) is 5.75 Å². The number of piperidine rings is 1. The van der Waals surface area contributed by atoms with E-state index in [1.54, 1.807) is 29.8 Å². The molecular weight excluding hydrogens is 425 g/mol. The number of rotatable bonds is 8. The molecule has 3 heterocycles. The first-order chi connectivity index (χ1) is 16.0. The lowest BCUT2D eigenvalue weighted by Crippen LogP contribution is -2.43. The normalized spacial score (nSPS) is 14.6. The van der Waals surface area contributed by atoms with Crippen molar-refractivity contribution in [1.82, 2.24) is 14.7 Å². The summed E-state index contributed by atoms with van der Waals surface area (Å²) >= 11 is 0. The predicted molar refractivity (Wildman–Crippen MR) is 126 cm³/mol. The minimum atomic E-state index is -0.472. The largest absolute Gasteiger partial charge is 0.496 e. The highest BCUT2D eigenvalue weighted by atomic mass is 19.1. The number of hydrogen-bond donors (Lipinski definition) is 2. The molecule has 1 aromatic carbocycles. The van der Waals surface area contributed by atoms with E-state index in [0.717, 1.165) is 43.9 Å². The first kappa shape index (κ1) is 23.0. The molecule has 0 atom stereocenters. The van der Waals surface area contributed by atoms with Gasteiger partial charge in [-0.2, -0.15) is 0 Å². The number of imidazole rings is 1. The van der Waals surface area contributed by atoms with Gasteiger partial charge in [-0.15, -0.1) is 0 Å². The van der Waals surface area contributed by atoms with Gasteiger partial charge in [-0.3, -0.25) is 4.79 Å². The molecule has 0 spiro atoms. The van der Waals surface area contributed by atoms with Crippen molar-refractivity contribution >= 4 is 22.9 Å². The topological polar surface area (TPSA) is 80.1 Å². The van der Waals surface area contributed by atoms with E-state index >= 15 is 0 Å². The molecule has 8 nitrogen and oxygen atoms in total. The second-order valence-electron chi connectivity index (χ2n) is 8.23. The number of benzene rings is 1. The lowest BCUT2D eigenvalue weighted by atomic mass is 10.0. The van der Waals surface area contributed by atoms with Gasteiger partial charge in [-0.1, -0.05) is 0 Å². The van der Waals surface area contributed by atoms with Crippen LogP contribution >= 0.6 is 0 Å². The molecule has 2 aromatic heterocycles. The Bertz CT molecular complexity index is 1120. The number of amides is 1. The monoisotopic (exact) mass is 455 g/mol. The second kappa shape index (κ2) is 10.2. The summed E-state index contributed by atoms with van der Waals surface area (Å²) in [4.78, 5) is 19.5.